The number of unbranched alkanes of at least 4 members (excludes halogenated alkanes) is 2. The Bertz CT molecular complexity index is 1830. The largest absolute Gasteiger partial charge is 0.511 e. The summed E-state index contributed by atoms with van der Waals surface area (Å²) in [5, 5.41) is 4.80. The SMILES string of the molecule is CCCCCc1nc(Cl)c(C(=O)OCOC(=O)OC(C)C)n1Cc1cccc2c1ccn2-c1ccccc1-c1noc(=O)[nH]1. The molecular weight excluding hydrogens is 590 g/mol. The monoisotopic (exact) mass is 621 g/mol. The first-order valence-corrected chi connectivity index (χ1v) is 14.6. The molecule has 44 heavy (non-hydrogen) atoms. The number of carbonyl (C=O) groups is 2. The zero-order valence-electron chi connectivity index (χ0n) is 24.5. The van der Waals surface area contributed by atoms with Crippen molar-refractivity contribution in [1.82, 2.24) is 24.3 Å². The Morgan fingerprint density at radius 3 is 2.64 bits per heavy atom. The van der Waals surface area contributed by atoms with Crippen molar-refractivity contribution in [3.8, 4) is 17.1 Å². The molecule has 2 aromatic carbocycles. The summed E-state index contributed by atoms with van der Waals surface area (Å²) in [6.07, 6.45) is 4.09. The van der Waals surface area contributed by atoms with Crippen LogP contribution in [-0.2, 0) is 27.2 Å². The van der Waals surface area contributed by atoms with Gasteiger partial charge in [0.05, 0.1) is 23.9 Å². The lowest BCUT2D eigenvalue weighted by Crippen LogP contribution is -2.19. The molecular formula is C31H32ClN5O7. The minimum Gasteiger partial charge on any atom is -0.431 e. The van der Waals surface area contributed by atoms with Gasteiger partial charge in [-0.25, -0.2) is 19.4 Å². The van der Waals surface area contributed by atoms with Gasteiger partial charge in [0.25, 0.3) is 0 Å². The molecule has 0 saturated heterocycles. The summed E-state index contributed by atoms with van der Waals surface area (Å²) < 4.78 is 23.5. The van der Waals surface area contributed by atoms with E-state index in [0.717, 1.165) is 41.4 Å². The molecule has 0 saturated carbocycles. The maximum absolute atomic E-state index is 13.2. The number of aromatic amines is 1. The van der Waals surface area contributed by atoms with E-state index in [1.54, 1.807) is 18.4 Å². The Morgan fingerprint density at radius 2 is 1.89 bits per heavy atom. The van der Waals surface area contributed by atoms with Crippen LogP contribution in [0, 0.1) is 0 Å². The number of fused-ring (bicyclic) bond motifs is 1. The van der Waals surface area contributed by atoms with Gasteiger partial charge < -0.3 is 23.3 Å². The highest BCUT2D eigenvalue weighted by molar-refractivity contribution is 6.32. The molecule has 0 aliphatic carbocycles. The first-order chi connectivity index (χ1) is 21.3. The third-order valence-corrected chi connectivity index (χ3v) is 7.17. The van der Waals surface area contributed by atoms with Crippen molar-refractivity contribution in [2.24, 2.45) is 0 Å². The minimum absolute atomic E-state index is 0.00605. The van der Waals surface area contributed by atoms with E-state index in [1.165, 1.54) is 0 Å². The molecule has 12 nitrogen and oxygen atoms in total. The number of para-hydroxylation sites is 1. The molecule has 3 heterocycles. The fraction of sp³-hybridized carbons (Fsp3) is 0.323. The number of nitrogens with one attached hydrogen (secondary N) is 1. The first kappa shape index (κ1) is 30.6. The van der Waals surface area contributed by atoms with Crippen molar-refractivity contribution in [1.29, 1.82) is 0 Å². The average Bonchev–Trinajstić information content (AvgIpc) is 3.70. The van der Waals surface area contributed by atoms with Gasteiger partial charge in [-0.2, -0.15) is 0 Å². The molecule has 0 unspecified atom stereocenters. The number of carbonyl (C=O) groups excluding carboxylic acids is 2. The third kappa shape index (κ3) is 6.70. The van der Waals surface area contributed by atoms with Crippen molar-refractivity contribution in [3.05, 3.63) is 87.5 Å². The van der Waals surface area contributed by atoms with Crippen LogP contribution in [0.25, 0.3) is 28.0 Å². The Hall–Kier alpha value is -4.84. The number of esters is 1. The summed E-state index contributed by atoms with van der Waals surface area (Å²) in [7, 11) is 0. The third-order valence-electron chi connectivity index (χ3n) is 6.91. The summed E-state index contributed by atoms with van der Waals surface area (Å²) in [5.41, 5.74) is 3.34. The number of hydrogen-bond acceptors (Lipinski definition) is 9. The number of halogens is 1. The van der Waals surface area contributed by atoms with Crippen LogP contribution in [-0.4, -0.2) is 49.3 Å². The smallest absolute Gasteiger partial charge is 0.431 e. The fourth-order valence-corrected chi connectivity index (χ4v) is 5.24. The Balaban J connectivity index is 1.48. The van der Waals surface area contributed by atoms with Gasteiger partial charge in [0, 0.05) is 23.6 Å². The van der Waals surface area contributed by atoms with E-state index in [2.05, 4.69) is 22.0 Å². The summed E-state index contributed by atoms with van der Waals surface area (Å²) in [4.78, 5) is 43.7. The van der Waals surface area contributed by atoms with Crippen molar-refractivity contribution < 1.29 is 28.3 Å². The Labute approximate surface area is 257 Å². The van der Waals surface area contributed by atoms with Crippen molar-refractivity contribution >= 4 is 34.6 Å². The van der Waals surface area contributed by atoms with Crippen LogP contribution in [0.15, 0.2) is 64.0 Å². The summed E-state index contributed by atoms with van der Waals surface area (Å²) >= 11 is 6.51. The topological polar surface area (TPSA) is 143 Å². The van der Waals surface area contributed by atoms with Crippen LogP contribution in [0.5, 0.6) is 0 Å². The van der Waals surface area contributed by atoms with E-state index < -0.39 is 24.7 Å². The summed E-state index contributed by atoms with van der Waals surface area (Å²) in [6.45, 7) is 5.11. The number of hydrogen-bond donors (Lipinski definition) is 1. The number of aryl methyl sites for hydroxylation is 1. The fourth-order valence-electron chi connectivity index (χ4n) is 4.96. The predicted octanol–water partition coefficient (Wildman–Crippen LogP) is 6.28. The number of rotatable bonds is 12. The molecule has 5 rings (SSSR count). The maximum Gasteiger partial charge on any atom is 0.511 e. The molecule has 0 atom stereocenters. The quantitative estimate of drug-likeness (QED) is 0.0966. The van der Waals surface area contributed by atoms with E-state index in [4.69, 9.17) is 30.3 Å². The molecule has 0 spiro atoms. The molecule has 0 bridgehead atoms. The summed E-state index contributed by atoms with van der Waals surface area (Å²) in [6, 6.07) is 15.4. The molecule has 13 heteroatoms. The highest BCUT2D eigenvalue weighted by Crippen LogP contribution is 2.30. The lowest BCUT2D eigenvalue weighted by molar-refractivity contribution is -0.0349. The van der Waals surface area contributed by atoms with Gasteiger partial charge in [-0.3, -0.25) is 9.51 Å². The average molecular weight is 622 g/mol. The second-order valence-electron chi connectivity index (χ2n) is 10.3. The molecule has 0 amide bonds. The Morgan fingerprint density at radius 1 is 1.07 bits per heavy atom. The van der Waals surface area contributed by atoms with E-state index in [-0.39, 0.29) is 23.5 Å². The van der Waals surface area contributed by atoms with Crippen LogP contribution in [0.2, 0.25) is 5.15 Å². The van der Waals surface area contributed by atoms with E-state index in [0.29, 0.717) is 23.6 Å². The zero-order valence-corrected chi connectivity index (χ0v) is 25.3. The van der Waals surface area contributed by atoms with Crippen LogP contribution in [0.1, 0.15) is 61.9 Å². The van der Waals surface area contributed by atoms with Gasteiger partial charge in [0.1, 0.15) is 5.82 Å². The normalized spacial score (nSPS) is 11.3. The maximum atomic E-state index is 13.2. The van der Waals surface area contributed by atoms with Crippen LogP contribution >= 0.6 is 11.6 Å². The molecule has 230 valence electrons. The number of benzene rings is 2. The predicted molar refractivity (Wildman–Crippen MR) is 162 cm³/mol. The van der Waals surface area contributed by atoms with E-state index in [1.807, 2.05) is 59.3 Å². The van der Waals surface area contributed by atoms with Gasteiger partial charge in [-0.15, -0.1) is 0 Å². The van der Waals surface area contributed by atoms with Gasteiger partial charge in [0.2, 0.25) is 6.79 Å². The number of imidazole rings is 1. The Kier molecular flexibility index (Phi) is 9.49. The van der Waals surface area contributed by atoms with Crippen LogP contribution in [0.3, 0.4) is 0 Å². The van der Waals surface area contributed by atoms with Crippen LogP contribution in [0.4, 0.5) is 4.79 Å². The molecule has 0 aliphatic rings. The molecule has 3 aromatic heterocycles. The summed E-state index contributed by atoms with van der Waals surface area (Å²) in [5.74, 6) is -0.452. The van der Waals surface area contributed by atoms with E-state index in [9.17, 15) is 14.4 Å². The zero-order chi connectivity index (χ0) is 31.2. The molecule has 5 aromatic rings. The van der Waals surface area contributed by atoms with E-state index >= 15 is 0 Å². The first-order valence-electron chi connectivity index (χ1n) is 14.3. The number of aromatic nitrogens is 5. The number of H-pyrrole nitrogens is 1. The molecule has 0 radical (unpaired) electrons. The van der Waals surface area contributed by atoms with Gasteiger partial charge in [0.15, 0.2) is 16.7 Å². The lowest BCUT2D eigenvalue weighted by Gasteiger charge is -2.14. The number of nitrogens with zero attached hydrogens (tertiary/aromatic N) is 4. The minimum atomic E-state index is -0.944. The van der Waals surface area contributed by atoms with Crippen molar-refractivity contribution in [3.63, 3.8) is 0 Å². The standard InChI is InChI=1S/C31H32ClN5O7/c1-4-5-6-14-25-33-27(32)26(29(38)41-18-42-31(40)43-19(2)3)37(25)17-20-10-9-13-23-21(20)15-16-36(23)24-12-8-7-11-22(24)28-34-30(39)44-35-28/h7-13,15-16,19H,4-6,14,17-18H2,1-3H3,(H,34,35,39). The second-order valence-corrected chi connectivity index (χ2v) is 10.7. The van der Waals surface area contributed by atoms with Gasteiger partial charge in [-0.05, 0) is 50.1 Å². The van der Waals surface area contributed by atoms with Gasteiger partial charge >= 0.3 is 17.9 Å². The molecule has 0 fully saturated rings. The molecule has 1 N–H and O–H groups in total. The second kappa shape index (κ2) is 13.6. The highest BCUT2D eigenvalue weighted by Gasteiger charge is 2.25. The molecule has 0 aliphatic heterocycles. The van der Waals surface area contributed by atoms with Crippen LogP contribution < -0.4 is 5.76 Å². The van der Waals surface area contributed by atoms with Crippen molar-refractivity contribution in [2.45, 2.75) is 59.1 Å². The van der Waals surface area contributed by atoms with Gasteiger partial charge in [-0.1, -0.05) is 60.8 Å². The van der Waals surface area contributed by atoms with Crippen molar-refractivity contribution in [2.75, 3.05) is 6.79 Å². The highest BCUT2D eigenvalue weighted by atomic mass is 35.5. The lowest BCUT2D eigenvalue weighted by atomic mass is 10.1. The number of ether oxygens (including phenoxy) is 3.